The second-order valence-corrected chi connectivity index (χ2v) is 4.94. The number of para-hydroxylation sites is 2. The zero-order valence-electron chi connectivity index (χ0n) is 11.2. The molecule has 106 valence electrons. The highest BCUT2D eigenvalue weighted by Gasteiger charge is 2.34. The number of amides is 2. The molecule has 1 saturated heterocycles. The third-order valence-corrected chi connectivity index (χ3v) is 3.55. The van der Waals surface area contributed by atoms with Gasteiger partial charge in [0, 0.05) is 20.1 Å². The molecular formula is C14H16N2O4. The Morgan fingerprint density at radius 2 is 2.00 bits per heavy atom. The van der Waals surface area contributed by atoms with Crippen LogP contribution in [0.1, 0.15) is 0 Å². The van der Waals surface area contributed by atoms with Gasteiger partial charge in [-0.2, -0.15) is 0 Å². The molecule has 6 nitrogen and oxygen atoms in total. The number of piperazine rings is 1. The van der Waals surface area contributed by atoms with Gasteiger partial charge in [0.15, 0.2) is 11.5 Å². The second kappa shape index (κ2) is 5.03. The summed E-state index contributed by atoms with van der Waals surface area (Å²) in [6.07, 6.45) is -0.680. The number of benzene rings is 1. The van der Waals surface area contributed by atoms with E-state index >= 15 is 0 Å². The molecule has 0 radical (unpaired) electrons. The number of carbonyl (C=O) groups is 2. The summed E-state index contributed by atoms with van der Waals surface area (Å²) < 4.78 is 11.2. The van der Waals surface area contributed by atoms with E-state index in [2.05, 4.69) is 0 Å². The van der Waals surface area contributed by atoms with Gasteiger partial charge in [0.2, 0.25) is 12.0 Å². The standard InChI is InChI=1S/C14H16N2O4/c1-15-6-7-16(8-13(15)17)14(18)12-9-19-10-4-2-3-5-11(10)20-12/h2-5,12H,6-9H2,1H3. The van der Waals surface area contributed by atoms with E-state index < -0.39 is 6.10 Å². The Kier molecular flexibility index (Phi) is 3.22. The average molecular weight is 276 g/mol. The minimum Gasteiger partial charge on any atom is -0.485 e. The Bertz CT molecular complexity index is 546. The molecule has 0 spiro atoms. The Hall–Kier alpha value is -2.24. The van der Waals surface area contributed by atoms with E-state index in [0.29, 0.717) is 24.6 Å². The molecule has 1 atom stereocenters. The molecular weight excluding hydrogens is 260 g/mol. The van der Waals surface area contributed by atoms with E-state index in [-0.39, 0.29) is 25.0 Å². The van der Waals surface area contributed by atoms with Crippen LogP contribution in [0.3, 0.4) is 0 Å². The molecule has 0 N–H and O–H groups in total. The van der Waals surface area contributed by atoms with Gasteiger partial charge in [0.25, 0.3) is 5.91 Å². The van der Waals surface area contributed by atoms with Gasteiger partial charge >= 0.3 is 0 Å². The summed E-state index contributed by atoms with van der Waals surface area (Å²) in [6.45, 7) is 1.37. The summed E-state index contributed by atoms with van der Waals surface area (Å²) in [6, 6.07) is 7.25. The third-order valence-electron chi connectivity index (χ3n) is 3.55. The lowest BCUT2D eigenvalue weighted by atomic mass is 10.2. The maximum atomic E-state index is 12.4. The van der Waals surface area contributed by atoms with Gasteiger partial charge in [-0.1, -0.05) is 12.1 Å². The number of rotatable bonds is 1. The Balaban J connectivity index is 1.69. The number of nitrogens with zero attached hydrogens (tertiary/aromatic N) is 2. The molecule has 1 fully saturated rings. The number of ether oxygens (including phenoxy) is 2. The molecule has 2 heterocycles. The van der Waals surface area contributed by atoms with Gasteiger partial charge in [-0.3, -0.25) is 9.59 Å². The minimum absolute atomic E-state index is 0.0540. The fraction of sp³-hybridized carbons (Fsp3) is 0.429. The van der Waals surface area contributed by atoms with E-state index in [4.69, 9.17) is 9.47 Å². The fourth-order valence-electron chi connectivity index (χ4n) is 2.29. The molecule has 6 heteroatoms. The number of carbonyl (C=O) groups excluding carboxylic acids is 2. The van der Waals surface area contributed by atoms with Crippen molar-refractivity contribution in [1.29, 1.82) is 0 Å². The van der Waals surface area contributed by atoms with Gasteiger partial charge in [-0.05, 0) is 12.1 Å². The lowest BCUT2D eigenvalue weighted by Crippen LogP contribution is -2.55. The van der Waals surface area contributed by atoms with E-state index in [9.17, 15) is 9.59 Å². The third kappa shape index (κ3) is 2.29. The normalized spacial score (nSPS) is 21.9. The first-order chi connectivity index (χ1) is 9.65. The van der Waals surface area contributed by atoms with E-state index in [1.807, 2.05) is 12.1 Å². The Labute approximate surface area is 116 Å². The Morgan fingerprint density at radius 3 is 2.75 bits per heavy atom. The maximum Gasteiger partial charge on any atom is 0.267 e. The van der Waals surface area contributed by atoms with Crippen LogP contribution in [0, 0.1) is 0 Å². The van der Waals surface area contributed by atoms with Gasteiger partial charge in [-0.25, -0.2) is 0 Å². The quantitative estimate of drug-likeness (QED) is 0.731. The van der Waals surface area contributed by atoms with Crippen LogP contribution in [0.25, 0.3) is 0 Å². The highest BCUT2D eigenvalue weighted by molar-refractivity contribution is 5.88. The van der Waals surface area contributed by atoms with E-state index in [0.717, 1.165) is 0 Å². The van der Waals surface area contributed by atoms with Crippen molar-refractivity contribution < 1.29 is 19.1 Å². The van der Waals surface area contributed by atoms with Crippen LogP contribution in [-0.2, 0) is 9.59 Å². The average Bonchev–Trinajstić information content (AvgIpc) is 2.49. The SMILES string of the molecule is CN1CCN(C(=O)C2COc3ccccc3O2)CC1=O. The summed E-state index contributed by atoms with van der Waals surface area (Å²) >= 11 is 0. The van der Waals surface area contributed by atoms with E-state index in [1.54, 1.807) is 24.1 Å². The maximum absolute atomic E-state index is 12.4. The summed E-state index contributed by atoms with van der Waals surface area (Å²) in [5, 5.41) is 0. The first kappa shape index (κ1) is 12.8. The molecule has 3 rings (SSSR count). The van der Waals surface area contributed by atoms with Crippen molar-refractivity contribution >= 4 is 11.8 Å². The zero-order valence-corrected chi connectivity index (χ0v) is 11.2. The first-order valence-corrected chi connectivity index (χ1v) is 6.56. The fourth-order valence-corrected chi connectivity index (χ4v) is 2.29. The lowest BCUT2D eigenvalue weighted by Gasteiger charge is -2.35. The van der Waals surface area contributed by atoms with Gasteiger partial charge in [0.1, 0.15) is 6.61 Å². The zero-order chi connectivity index (χ0) is 14.1. The highest BCUT2D eigenvalue weighted by atomic mass is 16.6. The molecule has 0 saturated carbocycles. The van der Waals surface area contributed by atoms with Crippen LogP contribution in [-0.4, -0.2) is 61.0 Å². The topological polar surface area (TPSA) is 59.1 Å². The van der Waals surface area contributed by atoms with Crippen molar-refractivity contribution in [2.24, 2.45) is 0 Å². The molecule has 2 aliphatic rings. The summed E-state index contributed by atoms with van der Waals surface area (Å²) in [4.78, 5) is 27.2. The van der Waals surface area contributed by atoms with Crippen LogP contribution < -0.4 is 9.47 Å². The van der Waals surface area contributed by atoms with Crippen LogP contribution >= 0.6 is 0 Å². The highest BCUT2D eigenvalue weighted by Crippen LogP contribution is 2.31. The molecule has 20 heavy (non-hydrogen) atoms. The van der Waals surface area contributed by atoms with Crippen molar-refractivity contribution in [2.75, 3.05) is 33.3 Å². The molecule has 2 aliphatic heterocycles. The molecule has 1 aromatic rings. The van der Waals surface area contributed by atoms with E-state index in [1.165, 1.54) is 4.90 Å². The predicted molar refractivity (Wildman–Crippen MR) is 70.6 cm³/mol. The number of hydrogen-bond donors (Lipinski definition) is 0. The van der Waals surface area contributed by atoms with Gasteiger partial charge in [-0.15, -0.1) is 0 Å². The van der Waals surface area contributed by atoms with Crippen LogP contribution in [0.4, 0.5) is 0 Å². The predicted octanol–water partition coefficient (Wildman–Crippen LogP) is 0.127. The van der Waals surface area contributed by atoms with Gasteiger partial charge in [0.05, 0.1) is 6.54 Å². The number of fused-ring (bicyclic) bond motifs is 1. The number of hydrogen-bond acceptors (Lipinski definition) is 4. The monoisotopic (exact) mass is 276 g/mol. The number of likely N-dealkylation sites (N-methyl/N-ethyl adjacent to an activating group) is 1. The second-order valence-electron chi connectivity index (χ2n) is 4.94. The smallest absolute Gasteiger partial charge is 0.267 e. The van der Waals surface area contributed by atoms with Crippen LogP contribution in [0.5, 0.6) is 11.5 Å². The largest absolute Gasteiger partial charge is 0.485 e. The molecule has 0 aromatic heterocycles. The first-order valence-electron chi connectivity index (χ1n) is 6.56. The molecule has 1 unspecified atom stereocenters. The summed E-state index contributed by atoms with van der Waals surface area (Å²) in [7, 11) is 1.74. The molecule has 2 amide bonds. The Morgan fingerprint density at radius 1 is 1.25 bits per heavy atom. The van der Waals surface area contributed by atoms with Crippen LogP contribution in [0.15, 0.2) is 24.3 Å². The van der Waals surface area contributed by atoms with Crippen molar-refractivity contribution in [3.63, 3.8) is 0 Å². The molecule has 0 bridgehead atoms. The molecule has 0 aliphatic carbocycles. The van der Waals surface area contributed by atoms with Crippen molar-refractivity contribution in [1.82, 2.24) is 9.80 Å². The van der Waals surface area contributed by atoms with Crippen molar-refractivity contribution in [3.05, 3.63) is 24.3 Å². The van der Waals surface area contributed by atoms with Crippen LogP contribution in [0.2, 0.25) is 0 Å². The lowest BCUT2D eigenvalue weighted by molar-refractivity contribution is -0.150. The summed E-state index contributed by atoms with van der Waals surface area (Å²) in [5.74, 6) is 0.964. The molecule has 1 aromatic carbocycles. The van der Waals surface area contributed by atoms with Crippen molar-refractivity contribution in [3.8, 4) is 11.5 Å². The minimum atomic E-state index is -0.680. The summed E-state index contributed by atoms with van der Waals surface area (Å²) in [5.41, 5.74) is 0. The van der Waals surface area contributed by atoms with Crippen molar-refractivity contribution in [2.45, 2.75) is 6.10 Å². The van der Waals surface area contributed by atoms with Gasteiger partial charge < -0.3 is 19.3 Å².